The lowest BCUT2D eigenvalue weighted by atomic mass is 9.49. The van der Waals surface area contributed by atoms with Crippen molar-refractivity contribution in [3.63, 3.8) is 0 Å². The van der Waals surface area contributed by atoms with E-state index in [1.807, 2.05) is 24.3 Å². The van der Waals surface area contributed by atoms with Gasteiger partial charge in [-0.2, -0.15) is 5.26 Å². The number of ether oxygens (including phenoxy) is 2. The molecule has 2 N–H and O–H groups in total. The standard InChI is InChI=1S/C45H49ClN6O7/c1-44(2)42(45(3,4)43(44)59-31-11-8-27(22-47)35(46)21-31)49-38(54)26-6-9-28(10-7-26)51-17-16-25(24-51)23-50(5)29-18-32(19-29)58-30-12-13-33-34(20-30)41(57)52(40(33)56)36-14-15-37(53)48-39(36)55/h6-13,20-21,25,29,32,36,42-43H,14-19,23-24H2,1-5H3,(H,49,54)(H,48,53,55)/t25-,29?,32?,36-,42?,43?/m0/s1. The van der Waals surface area contributed by atoms with Crippen LogP contribution in [0.1, 0.15) is 96.4 Å². The summed E-state index contributed by atoms with van der Waals surface area (Å²) >= 11 is 6.25. The van der Waals surface area contributed by atoms with Crippen molar-refractivity contribution in [3.05, 3.63) is 87.9 Å². The molecule has 14 heteroatoms. The SMILES string of the molecule is CN(C[C@@H]1CCN(c2ccc(C(=O)NC3C(C)(C)C(Oc4ccc(C#N)c(Cl)c4)C3(C)C)cc2)C1)C1CC(Oc2ccc3c(c2)C(=O)N([C@H]2CCC(=O)NC2=O)C3=O)C1. The zero-order chi connectivity index (χ0) is 42.0. The summed E-state index contributed by atoms with van der Waals surface area (Å²) in [5.41, 5.74) is 1.82. The Bertz CT molecular complexity index is 2250. The van der Waals surface area contributed by atoms with E-state index in [9.17, 15) is 29.2 Å². The Morgan fingerprint density at radius 3 is 2.29 bits per heavy atom. The number of carbonyl (C=O) groups is 5. The number of nitriles is 1. The van der Waals surface area contributed by atoms with E-state index >= 15 is 0 Å². The van der Waals surface area contributed by atoms with Gasteiger partial charge < -0.3 is 24.6 Å². The maximum absolute atomic E-state index is 13.5. The predicted octanol–water partition coefficient (Wildman–Crippen LogP) is 5.59. The van der Waals surface area contributed by atoms with E-state index in [0.29, 0.717) is 39.6 Å². The fourth-order valence-electron chi connectivity index (χ4n) is 10.1. The second-order valence-corrected chi connectivity index (χ2v) is 18.3. The third kappa shape index (κ3) is 7.42. The van der Waals surface area contributed by atoms with Crippen LogP contribution in [-0.2, 0) is 9.59 Å². The molecule has 59 heavy (non-hydrogen) atoms. The van der Waals surface area contributed by atoms with Gasteiger partial charge in [-0.3, -0.25) is 34.2 Å². The number of piperidine rings is 1. The zero-order valence-corrected chi connectivity index (χ0v) is 34.7. The highest BCUT2D eigenvalue weighted by molar-refractivity contribution is 6.31. The van der Waals surface area contributed by atoms with Crippen LogP contribution in [-0.4, -0.2) is 96.4 Å². The molecule has 3 aromatic carbocycles. The first-order valence-corrected chi connectivity index (χ1v) is 20.7. The average Bonchev–Trinajstić information content (AvgIpc) is 3.75. The first-order chi connectivity index (χ1) is 28.0. The summed E-state index contributed by atoms with van der Waals surface area (Å²) in [6.07, 6.45) is 2.74. The van der Waals surface area contributed by atoms with Crippen LogP contribution in [0.3, 0.4) is 0 Å². The lowest BCUT2D eigenvalue weighted by molar-refractivity contribution is -0.164. The lowest BCUT2D eigenvalue weighted by Gasteiger charge is -2.63. The van der Waals surface area contributed by atoms with Gasteiger partial charge in [0.05, 0.1) is 21.7 Å². The van der Waals surface area contributed by atoms with Crippen LogP contribution in [0.2, 0.25) is 5.02 Å². The van der Waals surface area contributed by atoms with Crippen LogP contribution in [0.4, 0.5) is 5.69 Å². The molecule has 2 saturated carbocycles. The lowest BCUT2D eigenvalue weighted by Crippen LogP contribution is -2.74. The first-order valence-electron chi connectivity index (χ1n) is 20.3. The molecular formula is C45H49ClN6O7. The van der Waals surface area contributed by atoms with E-state index in [4.69, 9.17) is 21.1 Å². The second-order valence-electron chi connectivity index (χ2n) is 17.9. The molecule has 2 aliphatic carbocycles. The van der Waals surface area contributed by atoms with Gasteiger partial charge in [0, 0.05) is 79.1 Å². The Morgan fingerprint density at radius 2 is 1.61 bits per heavy atom. The van der Waals surface area contributed by atoms with Crippen LogP contribution in [0.15, 0.2) is 60.7 Å². The molecule has 2 atom stereocenters. The molecule has 0 unspecified atom stereocenters. The Hall–Kier alpha value is -5.45. The Morgan fingerprint density at radius 1 is 0.932 bits per heavy atom. The minimum absolute atomic E-state index is 0.0144. The second kappa shape index (κ2) is 15.3. The number of amides is 5. The number of carbonyl (C=O) groups excluding carboxylic acids is 5. The van der Waals surface area contributed by atoms with Crippen molar-refractivity contribution in [3.8, 4) is 17.6 Å². The van der Waals surface area contributed by atoms with Crippen molar-refractivity contribution in [1.82, 2.24) is 20.4 Å². The largest absolute Gasteiger partial charge is 0.490 e. The molecule has 13 nitrogen and oxygen atoms in total. The number of imide groups is 2. The van der Waals surface area contributed by atoms with Crippen LogP contribution in [0.25, 0.3) is 0 Å². The van der Waals surface area contributed by atoms with E-state index in [2.05, 4.69) is 61.2 Å². The molecule has 3 aromatic rings. The number of benzene rings is 3. The van der Waals surface area contributed by atoms with Gasteiger partial charge in [-0.05, 0) is 80.4 Å². The fraction of sp³-hybridized carbons (Fsp3) is 0.467. The summed E-state index contributed by atoms with van der Waals surface area (Å²) in [6.45, 7) is 11.2. The summed E-state index contributed by atoms with van der Waals surface area (Å²) in [5.74, 6) is -0.644. The molecular weight excluding hydrogens is 772 g/mol. The molecule has 3 aliphatic heterocycles. The van der Waals surface area contributed by atoms with Crippen molar-refractivity contribution >= 4 is 46.8 Å². The molecule has 0 radical (unpaired) electrons. The number of fused-ring (bicyclic) bond motifs is 1. The Labute approximate surface area is 348 Å². The smallest absolute Gasteiger partial charge is 0.262 e. The van der Waals surface area contributed by atoms with E-state index in [0.717, 1.165) is 49.5 Å². The Kier molecular flexibility index (Phi) is 10.5. The van der Waals surface area contributed by atoms with Crippen molar-refractivity contribution in [2.75, 3.05) is 31.6 Å². The predicted molar refractivity (Wildman–Crippen MR) is 219 cm³/mol. The molecule has 0 bridgehead atoms. The van der Waals surface area contributed by atoms with Crippen LogP contribution in [0, 0.1) is 28.1 Å². The first kappa shape index (κ1) is 40.3. The topological polar surface area (TPSA) is 161 Å². The van der Waals surface area contributed by atoms with E-state index in [-0.39, 0.29) is 59.0 Å². The number of anilines is 1. The number of nitrogens with one attached hydrogen (secondary N) is 2. The van der Waals surface area contributed by atoms with Gasteiger partial charge in [0.2, 0.25) is 11.8 Å². The minimum atomic E-state index is -1.00. The van der Waals surface area contributed by atoms with E-state index in [1.165, 1.54) is 0 Å². The highest BCUT2D eigenvalue weighted by Gasteiger charge is 2.64. The summed E-state index contributed by atoms with van der Waals surface area (Å²) in [5, 5.41) is 15.1. The zero-order valence-electron chi connectivity index (χ0n) is 33.9. The van der Waals surface area contributed by atoms with Crippen LogP contribution in [0.5, 0.6) is 11.5 Å². The number of rotatable bonds is 11. The van der Waals surface area contributed by atoms with Crippen LogP contribution >= 0.6 is 11.6 Å². The molecule has 2 saturated heterocycles. The maximum atomic E-state index is 13.5. The average molecular weight is 821 g/mol. The van der Waals surface area contributed by atoms with Crippen molar-refractivity contribution in [2.45, 2.75) is 90.1 Å². The highest BCUT2D eigenvalue weighted by atomic mass is 35.5. The van der Waals surface area contributed by atoms with Crippen molar-refractivity contribution in [1.29, 1.82) is 5.26 Å². The van der Waals surface area contributed by atoms with Gasteiger partial charge in [0.1, 0.15) is 35.8 Å². The van der Waals surface area contributed by atoms with Gasteiger partial charge in [-0.1, -0.05) is 39.3 Å². The molecule has 308 valence electrons. The quantitative estimate of drug-likeness (QED) is 0.233. The number of hydrogen-bond acceptors (Lipinski definition) is 10. The van der Waals surface area contributed by atoms with Gasteiger partial charge >= 0.3 is 0 Å². The molecule has 0 spiro atoms. The molecule has 5 amide bonds. The monoisotopic (exact) mass is 820 g/mol. The molecule has 8 rings (SSSR count). The fourth-order valence-corrected chi connectivity index (χ4v) is 10.3. The minimum Gasteiger partial charge on any atom is -0.490 e. The van der Waals surface area contributed by atoms with Crippen LogP contribution < -0.4 is 25.0 Å². The van der Waals surface area contributed by atoms with E-state index < -0.39 is 29.7 Å². The highest BCUT2D eigenvalue weighted by Crippen LogP contribution is 2.55. The third-order valence-electron chi connectivity index (χ3n) is 13.2. The Balaban J connectivity index is 0.788. The van der Waals surface area contributed by atoms with Gasteiger partial charge in [0.15, 0.2) is 0 Å². The molecule has 4 fully saturated rings. The van der Waals surface area contributed by atoms with Gasteiger partial charge in [-0.15, -0.1) is 0 Å². The van der Waals surface area contributed by atoms with Gasteiger partial charge in [0.25, 0.3) is 17.7 Å². The molecule has 0 aromatic heterocycles. The van der Waals surface area contributed by atoms with E-state index in [1.54, 1.807) is 36.4 Å². The molecule has 5 aliphatic rings. The van der Waals surface area contributed by atoms with Crippen molar-refractivity contribution < 1.29 is 33.4 Å². The normalized spacial score (nSPS) is 26.7. The maximum Gasteiger partial charge on any atom is 0.262 e. The summed E-state index contributed by atoms with van der Waals surface area (Å²) in [6, 6.07) is 19.1. The molecule has 3 heterocycles. The summed E-state index contributed by atoms with van der Waals surface area (Å²) < 4.78 is 12.6. The van der Waals surface area contributed by atoms with Gasteiger partial charge in [-0.25, -0.2) is 0 Å². The number of hydrogen-bond donors (Lipinski definition) is 2. The number of nitrogens with zero attached hydrogens (tertiary/aromatic N) is 4. The summed E-state index contributed by atoms with van der Waals surface area (Å²) in [7, 11) is 2.15. The third-order valence-corrected chi connectivity index (χ3v) is 13.5. The van der Waals surface area contributed by atoms with Crippen molar-refractivity contribution in [2.24, 2.45) is 16.7 Å². The summed E-state index contributed by atoms with van der Waals surface area (Å²) in [4.78, 5) is 69.5. The number of halogens is 1.